The van der Waals surface area contributed by atoms with E-state index in [1.54, 1.807) is 32.9 Å². The quantitative estimate of drug-likeness (QED) is 0.758. The third kappa shape index (κ3) is 3.48. The molecule has 4 aliphatic heterocycles. The van der Waals surface area contributed by atoms with Crippen LogP contribution in [-0.4, -0.2) is 80.5 Å². The molecule has 1 N–H and O–H groups in total. The highest BCUT2D eigenvalue weighted by atomic mass is 32.2. The van der Waals surface area contributed by atoms with Crippen molar-refractivity contribution in [1.82, 2.24) is 25.1 Å². The molecular formula is C20H27N5O3S2. The topological polar surface area (TPSA) is 76.2 Å². The van der Waals surface area contributed by atoms with E-state index in [0.717, 1.165) is 43.0 Å². The van der Waals surface area contributed by atoms with E-state index in [2.05, 4.69) is 12.3 Å². The van der Waals surface area contributed by atoms with Crippen molar-refractivity contribution in [3.05, 3.63) is 22.4 Å². The minimum absolute atomic E-state index is 0.00573. The third-order valence-corrected chi connectivity index (χ3v) is 8.77. The number of nitrogens with one attached hydrogen (secondary N) is 1. The molecule has 4 fully saturated rings. The average molecular weight is 450 g/mol. The number of rotatable bonds is 4. The van der Waals surface area contributed by atoms with Crippen LogP contribution < -0.4 is 5.43 Å². The maximum Gasteiger partial charge on any atom is 0.337 e. The van der Waals surface area contributed by atoms with Crippen LogP contribution >= 0.6 is 23.1 Å². The molecule has 0 aliphatic carbocycles. The van der Waals surface area contributed by atoms with Gasteiger partial charge in [0.05, 0.1) is 12.6 Å². The van der Waals surface area contributed by atoms with Crippen LogP contribution in [0.25, 0.3) is 0 Å². The summed E-state index contributed by atoms with van der Waals surface area (Å²) in [5.74, 6) is 1.56. The van der Waals surface area contributed by atoms with Gasteiger partial charge in [-0.25, -0.2) is 9.80 Å². The lowest BCUT2D eigenvalue weighted by Crippen LogP contribution is -2.65. The van der Waals surface area contributed by atoms with Gasteiger partial charge in [0.2, 0.25) is 11.8 Å². The molecule has 3 unspecified atom stereocenters. The first-order chi connectivity index (χ1) is 14.5. The maximum absolute atomic E-state index is 13.3. The van der Waals surface area contributed by atoms with E-state index < -0.39 is 6.29 Å². The monoisotopic (exact) mass is 449 g/mol. The van der Waals surface area contributed by atoms with Crippen molar-refractivity contribution >= 4 is 40.9 Å². The molecule has 5 rings (SSSR count). The summed E-state index contributed by atoms with van der Waals surface area (Å²) >= 11 is 3.24. The zero-order valence-electron chi connectivity index (χ0n) is 17.0. The zero-order chi connectivity index (χ0) is 20.8. The average Bonchev–Trinajstić information content (AvgIpc) is 3.47. The molecule has 30 heavy (non-hydrogen) atoms. The van der Waals surface area contributed by atoms with Crippen LogP contribution in [0.3, 0.4) is 0 Å². The van der Waals surface area contributed by atoms with E-state index in [1.807, 2.05) is 22.4 Å². The summed E-state index contributed by atoms with van der Waals surface area (Å²) in [6.45, 7) is 4.18. The van der Waals surface area contributed by atoms with E-state index in [1.165, 1.54) is 5.01 Å². The number of hydrogen-bond donors (Lipinski definition) is 1. The van der Waals surface area contributed by atoms with Gasteiger partial charge in [0, 0.05) is 18.0 Å². The molecule has 162 valence electrons. The molecule has 1 aromatic heterocycles. The number of fused-ring (bicyclic) bond motifs is 3. The number of nitrogens with zero attached hydrogens (tertiary/aromatic N) is 4. The van der Waals surface area contributed by atoms with Gasteiger partial charge < -0.3 is 9.80 Å². The Hall–Kier alpha value is -1.78. The summed E-state index contributed by atoms with van der Waals surface area (Å²) in [7, 11) is 0. The van der Waals surface area contributed by atoms with Crippen LogP contribution in [0.4, 0.5) is 4.79 Å². The number of piperidine rings is 1. The van der Waals surface area contributed by atoms with E-state index in [4.69, 9.17) is 0 Å². The molecule has 0 spiro atoms. The van der Waals surface area contributed by atoms with Crippen LogP contribution in [0, 0.1) is 5.92 Å². The van der Waals surface area contributed by atoms with Crippen molar-refractivity contribution in [3.63, 3.8) is 0 Å². The maximum atomic E-state index is 13.3. The van der Waals surface area contributed by atoms with E-state index in [9.17, 15) is 14.4 Å². The van der Waals surface area contributed by atoms with E-state index in [-0.39, 0.29) is 35.7 Å². The lowest BCUT2D eigenvalue weighted by Gasteiger charge is -2.44. The Balaban J connectivity index is 1.34. The predicted molar refractivity (Wildman–Crippen MR) is 115 cm³/mol. The Morgan fingerprint density at radius 3 is 2.77 bits per heavy atom. The molecule has 0 bridgehead atoms. The normalized spacial score (nSPS) is 29.6. The summed E-state index contributed by atoms with van der Waals surface area (Å²) in [4.78, 5) is 45.8. The van der Waals surface area contributed by atoms with Gasteiger partial charge in [-0.1, -0.05) is 13.0 Å². The van der Waals surface area contributed by atoms with Gasteiger partial charge in [-0.05, 0) is 42.4 Å². The predicted octanol–water partition coefficient (Wildman–Crippen LogP) is 1.75. The smallest absolute Gasteiger partial charge is 0.337 e. The van der Waals surface area contributed by atoms with Gasteiger partial charge in [0.25, 0.3) is 0 Å². The summed E-state index contributed by atoms with van der Waals surface area (Å²) < 4.78 is 0. The van der Waals surface area contributed by atoms with Crippen molar-refractivity contribution < 1.29 is 14.4 Å². The number of likely N-dealkylation sites (tertiary alicyclic amines) is 1. The summed E-state index contributed by atoms with van der Waals surface area (Å²) in [5, 5.41) is 3.20. The Morgan fingerprint density at radius 2 is 2.03 bits per heavy atom. The van der Waals surface area contributed by atoms with Gasteiger partial charge in [0.15, 0.2) is 6.29 Å². The third-order valence-electron chi connectivity index (χ3n) is 6.56. The van der Waals surface area contributed by atoms with Crippen LogP contribution in [-0.2, 0) is 16.1 Å². The number of carbonyl (C=O) groups excluding carboxylic acids is 3. The second-order valence-electron chi connectivity index (χ2n) is 8.53. The molecule has 5 heterocycles. The number of hydrogen-bond acceptors (Lipinski definition) is 6. The fraction of sp³-hybridized carbons (Fsp3) is 0.650. The highest BCUT2D eigenvalue weighted by Gasteiger charge is 2.56. The standard InChI is InChI=1S/C20H27N5O3S2/c1-13-4-7-22(8-5-13)16(26)12-24-20(28)25-15-6-10-30-17(15)18(27)23(19(25)21-24)11-14-3-2-9-29-14/h2-3,9,13,15,17,19,21H,4-8,10-12H2,1H3. The Kier molecular flexibility index (Phi) is 5.40. The summed E-state index contributed by atoms with van der Waals surface area (Å²) in [5.41, 5.74) is 3.19. The molecule has 1 aromatic rings. The van der Waals surface area contributed by atoms with Crippen molar-refractivity contribution in [2.45, 2.75) is 50.3 Å². The SMILES string of the molecule is CC1CCN(C(=O)CN2NC3N(Cc4cccs4)C(=O)C4SCCC4N3C2=O)CC1. The number of amides is 4. The van der Waals surface area contributed by atoms with Gasteiger partial charge in [-0.2, -0.15) is 5.43 Å². The number of thioether (sulfide) groups is 1. The van der Waals surface area contributed by atoms with Crippen molar-refractivity contribution in [2.24, 2.45) is 5.92 Å². The number of thiophene rings is 1. The second kappa shape index (κ2) is 8.05. The largest absolute Gasteiger partial charge is 0.341 e. The number of carbonyl (C=O) groups is 3. The van der Waals surface area contributed by atoms with E-state index in [0.29, 0.717) is 12.5 Å². The molecule has 4 amide bonds. The molecule has 0 radical (unpaired) electrons. The Morgan fingerprint density at radius 1 is 1.23 bits per heavy atom. The van der Waals surface area contributed by atoms with Gasteiger partial charge in [-0.3, -0.25) is 14.5 Å². The molecule has 0 saturated carbocycles. The molecular weight excluding hydrogens is 422 g/mol. The molecule has 3 atom stereocenters. The van der Waals surface area contributed by atoms with Crippen LogP contribution in [0.5, 0.6) is 0 Å². The molecule has 4 saturated heterocycles. The van der Waals surface area contributed by atoms with Crippen LogP contribution in [0.1, 0.15) is 31.1 Å². The fourth-order valence-electron chi connectivity index (χ4n) is 4.77. The first kappa shape index (κ1) is 20.1. The zero-order valence-corrected chi connectivity index (χ0v) is 18.7. The lowest BCUT2D eigenvalue weighted by atomic mass is 9.99. The Labute approximate surface area is 184 Å². The van der Waals surface area contributed by atoms with Crippen LogP contribution in [0.2, 0.25) is 0 Å². The van der Waals surface area contributed by atoms with Gasteiger partial charge >= 0.3 is 6.03 Å². The highest BCUT2D eigenvalue weighted by molar-refractivity contribution is 8.00. The lowest BCUT2D eigenvalue weighted by molar-refractivity contribution is -0.145. The number of hydrazine groups is 1. The molecule has 10 heteroatoms. The minimum Gasteiger partial charge on any atom is -0.341 e. The van der Waals surface area contributed by atoms with Crippen molar-refractivity contribution in [2.75, 3.05) is 25.4 Å². The summed E-state index contributed by atoms with van der Waals surface area (Å²) in [6.07, 6.45) is 2.29. The van der Waals surface area contributed by atoms with Crippen molar-refractivity contribution in [3.8, 4) is 0 Å². The van der Waals surface area contributed by atoms with Gasteiger partial charge in [0.1, 0.15) is 11.8 Å². The van der Waals surface area contributed by atoms with Crippen molar-refractivity contribution in [1.29, 1.82) is 0 Å². The number of urea groups is 1. The first-order valence-corrected chi connectivity index (χ1v) is 12.5. The Bertz CT molecular complexity index is 826. The molecule has 8 nitrogen and oxygen atoms in total. The minimum atomic E-state index is -0.527. The highest BCUT2D eigenvalue weighted by Crippen LogP contribution is 2.40. The molecule has 4 aliphatic rings. The molecule has 0 aromatic carbocycles. The second-order valence-corrected chi connectivity index (χ2v) is 10.8. The summed E-state index contributed by atoms with van der Waals surface area (Å²) in [6, 6.07) is 3.67. The first-order valence-electron chi connectivity index (χ1n) is 10.6. The fourth-order valence-corrected chi connectivity index (χ4v) is 6.87. The van der Waals surface area contributed by atoms with E-state index >= 15 is 0 Å². The van der Waals surface area contributed by atoms with Gasteiger partial charge in [-0.15, -0.1) is 23.1 Å². The van der Waals surface area contributed by atoms with Crippen LogP contribution in [0.15, 0.2) is 17.5 Å².